The van der Waals surface area contributed by atoms with Crippen LogP contribution < -0.4 is 4.90 Å². The average Bonchev–Trinajstić information content (AvgIpc) is 3.93. The van der Waals surface area contributed by atoms with Crippen molar-refractivity contribution in [2.24, 2.45) is 11.8 Å². The van der Waals surface area contributed by atoms with E-state index in [1.165, 1.54) is 116 Å². The van der Waals surface area contributed by atoms with Crippen LogP contribution in [0.15, 0.2) is 219 Å². The van der Waals surface area contributed by atoms with Crippen LogP contribution in [0.2, 0.25) is 0 Å². The van der Waals surface area contributed by atoms with Gasteiger partial charge < -0.3 is 14.0 Å². The van der Waals surface area contributed by atoms with Crippen LogP contribution in [0.5, 0.6) is 0 Å². The van der Waals surface area contributed by atoms with Gasteiger partial charge in [0.05, 0.1) is 22.1 Å². The summed E-state index contributed by atoms with van der Waals surface area (Å²) in [5.74, 6) is 1.61. The van der Waals surface area contributed by atoms with Gasteiger partial charge in [-0.3, -0.25) is 0 Å². The number of aromatic nitrogens is 2. The zero-order chi connectivity index (χ0) is 47.5. The minimum atomic E-state index is 0.285. The second kappa shape index (κ2) is 17.8. The van der Waals surface area contributed by atoms with Gasteiger partial charge in [0.1, 0.15) is 0 Å². The maximum Gasteiger partial charge on any atom is 0.0542 e. The summed E-state index contributed by atoms with van der Waals surface area (Å²) in [5, 5.41) is 4.95. The molecule has 2 aliphatic carbocycles. The Morgan fingerprint density at radius 1 is 0.535 bits per heavy atom. The highest BCUT2D eigenvalue weighted by Crippen LogP contribution is 2.54. The SMILES string of the molecule is C=Cc1ccc(CCC2CC3CCCC(c4ccc(-c5ccc6c(c5)c5cc(N(c7ccc(C)cc7)c7ccc8c(c7)c7ccccc7n8-c7ccccc7)ccc5n6-c5ccccc5)cc4)(C3)C2)cc1. The number of aryl methyl sites for hydroxylation is 2. The molecule has 71 heavy (non-hydrogen) atoms. The highest BCUT2D eigenvalue weighted by atomic mass is 15.1. The Bertz CT molecular complexity index is 3730. The molecule has 346 valence electrons. The molecule has 13 rings (SSSR count). The van der Waals surface area contributed by atoms with Gasteiger partial charge in [-0.1, -0.05) is 152 Å². The maximum atomic E-state index is 3.95. The summed E-state index contributed by atoms with van der Waals surface area (Å²) in [5.41, 5.74) is 18.7. The first kappa shape index (κ1) is 43.2. The maximum absolute atomic E-state index is 3.95. The highest BCUT2D eigenvalue weighted by molar-refractivity contribution is 6.13. The lowest BCUT2D eigenvalue weighted by molar-refractivity contribution is 0.0983. The molecule has 0 saturated heterocycles. The average molecular weight is 918 g/mol. The predicted octanol–water partition coefficient (Wildman–Crippen LogP) is 18.4. The molecule has 0 radical (unpaired) electrons. The summed E-state index contributed by atoms with van der Waals surface area (Å²) in [6, 6.07) is 79.4. The van der Waals surface area contributed by atoms with Gasteiger partial charge >= 0.3 is 0 Å². The predicted molar refractivity (Wildman–Crippen MR) is 301 cm³/mol. The summed E-state index contributed by atoms with van der Waals surface area (Å²) >= 11 is 0. The van der Waals surface area contributed by atoms with Crippen molar-refractivity contribution in [3.05, 3.63) is 241 Å². The van der Waals surface area contributed by atoms with Gasteiger partial charge in [-0.25, -0.2) is 0 Å². The number of fused-ring (bicyclic) bond motifs is 8. The molecule has 0 N–H and O–H groups in total. The van der Waals surface area contributed by atoms with Crippen LogP contribution >= 0.6 is 0 Å². The summed E-state index contributed by atoms with van der Waals surface area (Å²) < 4.78 is 4.83. The molecule has 2 fully saturated rings. The van der Waals surface area contributed by atoms with E-state index in [-0.39, 0.29) is 5.41 Å². The molecular weight excluding hydrogens is 859 g/mol. The highest BCUT2D eigenvalue weighted by Gasteiger charge is 2.44. The van der Waals surface area contributed by atoms with Crippen LogP contribution in [-0.4, -0.2) is 9.13 Å². The third-order valence-corrected chi connectivity index (χ3v) is 16.4. The first-order valence-electron chi connectivity index (χ1n) is 25.9. The van der Waals surface area contributed by atoms with E-state index in [4.69, 9.17) is 0 Å². The molecule has 2 aromatic heterocycles. The Balaban J connectivity index is 0.894. The summed E-state index contributed by atoms with van der Waals surface area (Å²) in [6.45, 7) is 6.11. The van der Waals surface area contributed by atoms with Gasteiger partial charge in [0, 0.05) is 50.0 Å². The fraction of sp³-hybridized carbons (Fsp3) is 0.176. The first-order valence-corrected chi connectivity index (χ1v) is 25.9. The number of anilines is 3. The van der Waals surface area contributed by atoms with Crippen LogP contribution in [0, 0.1) is 18.8 Å². The molecule has 3 nitrogen and oxygen atoms in total. The van der Waals surface area contributed by atoms with Crippen molar-refractivity contribution in [1.82, 2.24) is 9.13 Å². The smallest absolute Gasteiger partial charge is 0.0542 e. The van der Waals surface area contributed by atoms with Gasteiger partial charge in [-0.15, -0.1) is 0 Å². The molecule has 2 saturated carbocycles. The van der Waals surface area contributed by atoms with E-state index >= 15 is 0 Å². The monoisotopic (exact) mass is 917 g/mol. The molecule has 2 aliphatic rings. The second-order valence-electron chi connectivity index (χ2n) is 20.8. The van der Waals surface area contributed by atoms with E-state index < -0.39 is 0 Å². The van der Waals surface area contributed by atoms with Gasteiger partial charge in [-0.2, -0.15) is 0 Å². The molecule has 3 unspecified atom stereocenters. The Kier molecular flexibility index (Phi) is 10.8. The van der Waals surface area contributed by atoms with Crippen molar-refractivity contribution < 1.29 is 0 Å². The summed E-state index contributed by atoms with van der Waals surface area (Å²) in [4.78, 5) is 2.44. The van der Waals surface area contributed by atoms with Crippen LogP contribution in [-0.2, 0) is 11.8 Å². The van der Waals surface area contributed by atoms with E-state index in [1.54, 1.807) is 5.56 Å². The molecule has 3 heteroatoms. The summed E-state index contributed by atoms with van der Waals surface area (Å²) in [7, 11) is 0. The van der Waals surface area contributed by atoms with Crippen LogP contribution in [0.4, 0.5) is 17.1 Å². The van der Waals surface area contributed by atoms with Gasteiger partial charge in [0.2, 0.25) is 0 Å². The molecule has 2 heterocycles. The van der Waals surface area contributed by atoms with Crippen molar-refractivity contribution in [3.63, 3.8) is 0 Å². The molecule has 2 bridgehead atoms. The second-order valence-corrected chi connectivity index (χ2v) is 20.8. The van der Waals surface area contributed by atoms with E-state index in [9.17, 15) is 0 Å². The Morgan fingerprint density at radius 2 is 1.10 bits per heavy atom. The minimum Gasteiger partial charge on any atom is -0.310 e. The Labute approximate surface area is 418 Å². The Hall–Kier alpha value is -7.88. The molecule has 9 aromatic carbocycles. The van der Waals surface area contributed by atoms with Crippen LogP contribution in [0.25, 0.3) is 72.2 Å². The fourth-order valence-electron chi connectivity index (χ4n) is 13.1. The molecule has 0 spiro atoms. The van der Waals surface area contributed by atoms with Gasteiger partial charge in [-0.05, 0) is 182 Å². The quantitative estimate of drug-likeness (QED) is 0.126. The molecule has 11 aromatic rings. The third kappa shape index (κ3) is 7.76. The number of hydrogen-bond donors (Lipinski definition) is 0. The lowest BCUT2D eigenvalue weighted by Crippen LogP contribution is -2.40. The Morgan fingerprint density at radius 3 is 1.76 bits per heavy atom. The van der Waals surface area contributed by atoms with E-state index in [2.05, 4.69) is 240 Å². The summed E-state index contributed by atoms with van der Waals surface area (Å²) in [6.07, 6.45) is 12.5. The van der Waals surface area contributed by atoms with Gasteiger partial charge in [0.15, 0.2) is 0 Å². The lowest BCUT2D eigenvalue weighted by Gasteiger charge is -2.49. The molecule has 0 amide bonds. The standard InChI is InChI=1S/C68H59N3/c1-3-48-22-24-49(25-23-48)26-27-51-41-50-13-12-40-68(45-50,46-51)54-31-28-52(29-32-54)53-30-37-65-61(42-53)63-44-59(36-39-67(63)71(65)56-16-8-5-9-17-56)69(57-33-20-47(2)21-34-57)58-35-38-66-62(43-58)60-18-10-11-19-64(60)70(66)55-14-6-4-7-15-55/h3-11,14-25,28-39,42-44,50-51H,1,12-13,26-27,40-41,45-46H2,2H3. The van der Waals surface area contributed by atoms with Crippen molar-refractivity contribution in [3.8, 4) is 22.5 Å². The normalized spacial score (nSPS) is 17.8. The molecule has 0 aliphatic heterocycles. The zero-order valence-corrected chi connectivity index (χ0v) is 40.6. The van der Waals surface area contributed by atoms with Crippen LogP contribution in [0.1, 0.15) is 67.2 Å². The number of rotatable bonds is 11. The zero-order valence-electron chi connectivity index (χ0n) is 40.6. The largest absolute Gasteiger partial charge is 0.310 e. The van der Waals surface area contributed by atoms with E-state index in [1.807, 2.05) is 6.08 Å². The minimum absolute atomic E-state index is 0.285. The number of nitrogens with zero attached hydrogens (tertiary/aromatic N) is 3. The van der Waals surface area contributed by atoms with Crippen molar-refractivity contribution in [2.45, 2.75) is 63.7 Å². The lowest BCUT2D eigenvalue weighted by atomic mass is 9.56. The molecule has 3 atom stereocenters. The topological polar surface area (TPSA) is 13.1 Å². The van der Waals surface area contributed by atoms with Crippen molar-refractivity contribution >= 4 is 66.7 Å². The van der Waals surface area contributed by atoms with Crippen molar-refractivity contribution in [2.75, 3.05) is 4.90 Å². The fourth-order valence-corrected chi connectivity index (χ4v) is 13.1. The third-order valence-electron chi connectivity index (χ3n) is 16.4. The number of hydrogen-bond acceptors (Lipinski definition) is 1. The molecular formula is C68H59N3. The first-order chi connectivity index (χ1) is 35.0. The van der Waals surface area contributed by atoms with Gasteiger partial charge in [0.25, 0.3) is 0 Å². The van der Waals surface area contributed by atoms with Crippen LogP contribution in [0.3, 0.4) is 0 Å². The number of benzene rings is 9. The van der Waals surface area contributed by atoms with E-state index in [0.29, 0.717) is 0 Å². The van der Waals surface area contributed by atoms with Crippen molar-refractivity contribution in [1.29, 1.82) is 0 Å². The van der Waals surface area contributed by atoms with E-state index in [0.717, 1.165) is 46.7 Å². The number of para-hydroxylation sites is 3.